The first kappa shape index (κ1) is 31.7. The summed E-state index contributed by atoms with van der Waals surface area (Å²) in [6.07, 6.45) is 0. The van der Waals surface area contributed by atoms with Gasteiger partial charge in [-0.1, -0.05) is 146 Å². The number of hydrogen-bond acceptors (Lipinski definition) is 1. The van der Waals surface area contributed by atoms with Crippen LogP contribution in [0.1, 0.15) is 0 Å². The molecule has 3 nitrogen and oxygen atoms in total. The number of aromatic nitrogens is 2. The Balaban J connectivity index is 0.867. The summed E-state index contributed by atoms with van der Waals surface area (Å²) in [7, 11) is 0. The number of para-hydroxylation sites is 3. The van der Waals surface area contributed by atoms with Gasteiger partial charge in [-0.05, 0) is 94.0 Å². The highest BCUT2D eigenvalue weighted by Gasteiger charge is 2.17. The Morgan fingerprint density at radius 1 is 0.246 bits per heavy atom. The molecule has 0 saturated carbocycles. The minimum Gasteiger partial charge on any atom is -0.456 e. The van der Waals surface area contributed by atoms with E-state index in [1.807, 2.05) is 12.1 Å². The van der Waals surface area contributed by atoms with Gasteiger partial charge in [0.1, 0.15) is 11.2 Å². The van der Waals surface area contributed by atoms with E-state index >= 15 is 0 Å². The molecule has 0 fully saturated rings. The Hall–Kier alpha value is -7.62. The highest BCUT2D eigenvalue weighted by atomic mass is 16.3. The summed E-state index contributed by atoms with van der Waals surface area (Å²) in [6, 6.07) is 74.5. The van der Waals surface area contributed by atoms with Crippen molar-refractivity contribution in [2.24, 2.45) is 0 Å². The first-order chi connectivity index (χ1) is 28.2. The van der Waals surface area contributed by atoms with Crippen LogP contribution >= 0.6 is 0 Å². The number of benzene rings is 9. The molecule has 0 N–H and O–H groups in total. The second-order valence-electron chi connectivity index (χ2n) is 14.9. The number of furan rings is 1. The number of fused-ring (bicyclic) bond motifs is 9. The highest BCUT2D eigenvalue weighted by Crippen LogP contribution is 2.39. The summed E-state index contributed by atoms with van der Waals surface area (Å²) in [5, 5.41) is 7.21. The van der Waals surface area contributed by atoms with E-state index in [2.05, 4.69) is 203 Å². The summed E-state index contributed by atoms with van der Waals surface area (Å²) < 4.78 is 11.1. The van der Waals surface area contributed by atoms with Crippen molar-refractivity contribution in [3.05, 3.63) is 206 Å². The molecule has 0 atom stereocenters. The van der Waals surface area contributed by atoms with Crippen LogP contribution in [0.3, 0.4) is 0 Å². The smallest absolute Gasteiger partial charge is 0.136 e. The molecule has 0 radical (unpaired) electrons. The molecule has 57 heavy (non-hydrogen) atoms. The van der Waals surface area contributed by atoms with Gasteiger partial charge in [0.2, 0.25) is 0 Å². The standard InChI is InChI=1S/C54H34N2O/c1-2-10-35(11-3-1)40-26-31-45-43-12-4-7-15-49(43)55(51(45)32-40)41-27-22-38(23-28-41)36-18-20-37(21-19-36)39-24-29-42(30-25-39)56-50-16-8-5-13-44(50)47-34-54-48(33-52(47)56)46-14-6-9-17-53(46)57-54/h1-34H. The van der Waals surface area contributed by atoms with Crippen LogP contribution < -0.4 is 0 Å². The molecule has 12 aromatic rings. The van der Waals surface area contributed by atoms with Crippen molar-refractivity contribution in [1.82, 2.24) is 9.13 Å². The van der Waals surface area contributed by atoms with Gasteiger partial charge in [0.15, 0.2) is 0 Å². The topological polar surface area (TPSA) is 23.0 Å². The van der Waals surface area contributed by atoms with Gasteiger partial charge in [-0.25, -0.2) is 0 Å². The molecule has 0 spiro atoms. The molecule has 0 saturated heterocycles. The lowest BCUT2D eigenvalue weighted by atomic mass is 10.00. The lowest BCUT2D eigenvalue weighted by molar-refractivity contribution is 0.669. The van der Waals surface area contributed by atoms with Crippen LogP contribution in [0.5, 0.6) is 0 Å². The van der Waals surface area contributed by atoms with Gasteiger partial charge in [-0.15, -0.1) is 0 Å². The van der Waals surface area contributed by atoms with Crippen molar-refractivity contribution in [3.8, 4) is 44.8 Å². The first-order valence-electron chi connectivity index (χ1n) is 19.5. The van der Waals surface area contributed by atoms with Gasteiger partial charge in [0, 0.05) is 43.7 Å². The SMILES string of the molecule is c1ccc(-c2ccc3c4ccccc4n(-c4ccc(-c5ccc(-c6ccc(-n7c8ccccc8c8cc9oc%10ccccc%10c9cc87)cc6)cc5)cc4)c3c2)cc1. The quantitative estimate of drug-likeness (QED) is 0.173. The van der Waals surface area contributed by atoms with Gasteiger partial charge in [-0.2, -0.15) is 0 Å². The Morgan fingerprint density at radius 3 is 1.30 bits per heavy atom. The minimum atomic E-state index is 0.917. The minimum absolute atomic E-state index is 0.917. The molecule has 0 aliphatic carbocycles. The van der Waals surface area contributed by atoms with E-state index in [4.69, 9.17) is 4.42 Å². The summed E-state index contributed by atoms with van der Waals surface area (Å²) in [4.78, 5) is 0. The Bertz CT molecular complexity index is 3470. The zero-order valence-electron chi connectivity index (χ0n) is 30.9. The van der Waals surface area contributed by atoms with E-state index in [0.717, 1.165) is 33.3 Å². The summed E-state index contributed by atoms with van der Waals surface area (Å²) in [6.45, 7) is 0. The molecule has 9 aromatic carbocycles. The van der Waals surface area contributed by atoms with Crippen molar-refractivity contribution in [1.29, 1.82) is 0 Å². The number of nitrogens with zero attached hydrogens (tertiary/aromatic N) is 2. The molecular formula is C54H34N2O. The third-order valence-corrected chi connectivity index (χ3v) is 11.8. The zero-order valence-corrected chi connectivity index (χ0v) is 30.9. The van der Waals surface area contributed by atoms with E-state index in [1.54, 1.807) is 0 Å². The van der Waals surface area contributed by atoms with E-state index in [-0.39, 0.29) is 0 Å². The Kier molecular flexibility index (Phi) is 6.93. The molecule has 3 heteroatoms. The average Bonchev–Trinajstić information content (AvgIpc) is 3.93. The fourth-order valence-electron chi connectivity index (χ4n) is 8.98. The van der Waals surface area contributed by atoms with Crippen LogP contribution in [0.4, 0.5) is 0 Å². The van der Waals surface area contributed by atoms with Crippen molar-refractivity contribution in [2.75, 3.05) is 0 Å². The fraction of sp³-hybridized carbons (Fsp3) is 0. The van der Waals surface area contributed by atoms with Gasteiger partial charge in [0.05, 0.1) is 22.1 Å². The second kappa shape index (κ2) is 12.5. The Morgan fingerprint density at radius 2 is 0.684 bits per heavy atom. The predicted molar refractivity (Wildman–Crippen MR) is 239 cm³/mol. The molecule has 3 heterocycles. The van der Waals surface area contributed by atoms with Crippen LogP contribution in [0.15, 0.2) is 211 Å². The first-order valence-corrected chi connectivity index (χ1v) is 19.5. The summed E-state index contributed by atoms with van der Waals surface area (Å²) >= 11 is 0. The Labute approximate surface area is 328 Å². The van der Waals surface area contributed by atoms with Gasteiger partial charge >= 0.3 is 0 Å². The van der Waals surface area contributed by atoms with Crippen LogP contribution in [0, 0.1) is 0 Å². The van der Waals surface area contributed by atoms with Gasteiger partial charge in [-0.3, -0.25) is 0 Å². The van der Waals surface area contributed by atoms with Crippen LogP contribution in [-0.4, -0.2) is 9.13 Å². The van der Waals surface area contributed by atoms with Crippen molar-refractivity contribution >= 4 is 65.6 Å². The number of rotatable bonds is 5. The normalized spacial score (nSPS) is 11.9. The molecule has 0 bridgehead atoms. The molecule has 266 valence electrons. The van der Waals surface area contributed by atoms with E-state index in [0.29, 0.717) is 0 Å². The lowest BCUT2D eigenvalue weighted by Gasteiger charge is -2.11. The van der Waals surface area contributed by atoms with Crippen molar-refractivity contribution < 1.29 is 4.42 Å². The number of hydrogen-bond donors (Lipinski definition) is 0. The van der Waals surface area contributed by atoms with Gasteiger partial charge in [0.25, 0.3) is 0 Å². The van der Waals surface area contributed by atoms with Crippen LogP contribution in [0.2, 0.25) is 0 Å². The van der Waals surface area contributed by atoms with Crippen LogP contribution in [0.25, 0.3) is 110 Å². The van der Waals surface area contributed by atoms with E-state index in [9.17, 15) is 0 Å². The highest BCUT2D eigenvalue weighted by molar-refractivity contribution is 6.17. The maximum atomic E-state index is 6.28. The third-order valence-electron chi connectivity index (χ3n) is 11.8. The molecule has 0 aliphatic rings. The van der Waals surface area contributed by atoms with Gasteiger partial charge < -0.3 is 13.6 Å². The summed E-state index contributed by atoms with van der Waals surface area (Å²) in [5.74, 6) is 0. The lowest BCUT2D eigenvalue weighted by Crippen LogP contribution is -1.94. The summed E-state index contributed by atoms with van der Waals surface area (Å²) in [5.41, 5.74) is 16.1. The van der Waals surface area contributed by atoms with Crippen molar-refractivity contribution in [2.45, 2.75) is 0 Å². The largest absolute Gasteiger partial charge is 0.456 e. The second-order valence-corrected chi connectivity index (χ2v) is 14.9. The predicted octanol–water partition coefficient (Wildman–Crippen LogP) is 14.8. The average molecular weight is 727 g/mol. The molecule has 12 rings (SSSR count). The van der Waals surface area contributed by atoms with E-state index in [1.165, 1.54) is 77.0 Å². The molecule has 0 amide bonds. The fourth-order valence-corrected chi connectivity index (χ4v) is 8.98. The molecule has 0 aliphatic heterocycles. The molecule has 3 aromatic heterocycles. The van der Waals surface area contributed by atoms with Crippen LogP contribution in [-0.2, 0) is 0 Å². The third kappa shape index (κ3) is 4.99. The van der Waals surface area contributed by atoms with Crippen molar-refractivity contribution in [3.63, 3.8) is 0 Å². The molecular weight excluding hydrogens is 693 g/mol. The maximum absolute atomic E-state index is 6.28. The maximum Gasteiger partial charge on any atom is 0.136 e. The monoisotopic (exact) mass is 726 g/mol. The zero-order chi connectivity index (χ0) is 37.5. The van der Waals surface area contributed by atoms with E-state index < -0.39 is 0 Å². The molecule has 0 unspecified atom stereocenters.